The highest BCUT2D eigenvalue weighted by Crippen LogP contribution is 2.25. The maximum Gasteiger partial charge on any atom is 0.262 e. The number of hydrogen-bond acceptors (Lipinski definition) is 4. The third kappa shape index (κ3) is 7.89. The molecule has 4 aromatic rings. The first-order valence-corrected chi connectivity index (χ1v) is 13.0. The van der Waals surface area contributed by atoms with Crippen molar-refractivity contribution in [1.82, 2.24) is 10.7 Å². The van der Waals surface area contributed by atoms with E-state index in [9.17, 15) is 9.59 Å². The van der Waals surface area contributed by atoms with Crippen LogP contribution in [0.25, 0.3) is 0 Å². The summed E-state index contributed by atoms with van der Waals surface area (Å²) >= 11 is 0. The number of benzene rings is 4. The molecule has 0 bridgehead atoms. The van der Waals surface area contributed by atoms with Gasteiger partial charge >= 0.3 is 0 Å². The van der Waals surface area contributed by atoms with Crippen LogP contribution in [-0.2, 0) is 16.2 Å². The number of hydrogen-bond donors (Lipinski definition) is 2. The van der Waals surface area contributed by atoms with Crippen LogP contribution in [0.15, 0.2) is 120 Å². The fraction of sp³-hybridized carbons (Fsp3) is 0.182. The van der Waals surface area contributed by atoms with Gasteiger partial charge in [0.1, 0.15) is 18.4 Å². The number of hydrazone groups is 1. The molecule has 0 radical (unpaired) electrons. The maximum atomic E-state index is 13.5. The van der Waals surface area contributed by atoms with E-state index in [4.69, 9.17) is 4.74 Å². The van der Waals surface area contributed by atoms with Gasteiger partial charge in [0, 0.05) is 0 Å². The standard InChI is InChI=1S/C33H33N3O3/c1-24(2)31(35-32(37)30(27-14-8-4-9-15-27)28-16-10-5-11-17-28)33(38)36-34-22-25-18-20-29(21-19-25)39-23-26-12-6-3-7-13-26/h3-22,24,30-31H,23H2,1-2H3,(H,35,37)(H,36,38). The first kappa shape index (κ1) is 27.3. The molecule has 0 spiro atoms. The Balaban J connectivity index is 1.37. The molecule has 6 nitrogen and oxygen atoms in total. The molecule has 1 atom stereocenters. The van der Waals surface area contributed by atoms with Crippen molar-refractivity contribution in [3.8, 4) is 5.75 Å². The Morgan fingerprint density at radius 2 is 1.28 bits per heavy atom. The van der Waals surface area contributed by atoms with E-state index >= 15 is 0 Å². The normalized spacial score (nSPS) is 11.9. The first-order chi connectivity index (χ1) is 19.0. The fourth-order valence-electron chi connectivity index (χ4n) is 4.19. The van der Waals surface area contributed by atoms with Crippen LogP contribution in [0, 0.1) is 5.92 Å². The summed E-state index contributed by atoms with van der Waals surface area (Å²) in [6.07, 6.45) is 1.56. The van der Waals surface area contributed by atoms with Gasteiger partial charge in [-0.15, -0.1) is 0 Å². The Labute approximate surface area is 229 Å². The number of carbonyl (C=O) groups excluding carboxylic acids is 2. The smallest absolute Gasteiger partial charge is 0.262 e. The van der Waals surface area contributed by atoms with Crippen LogP contribution in [-0.4, -0.2) is 24.1 Å². The Kier molecular flexibility index (Phi) is 9.62. The lowest BCUT2D eigenvalue weighted by Gasteiger charge is -2.24. The Morgan fingerprint density at radius 1 is 0.744 bits per heavy atom. The van der Waals surface area contributed by atoms with Crippen molar-refractivity contribution in [2.45, 2.75) is 32.4 Å². The summed E-state index contributed by atoms with van der Waals surface area (Å²) in [7, 11) is 0. The minimum atomic E-state index is -0.752. The lowest BCUT2D eigenvalue weighted by atomic mass is 9.89. The van der Waals surface area contributed by atoms with E-state index in [0.29, 0.717) is 6.61 Å². The molecule has 0 aliphatic heterocycles. The van der Waals surface area contributed by atoms with E-state index < -0.39 is 12.0 Å². The monoisotopic (exact) mass is 519 g/mol. The highest BCUT2D eigenvalue weighted by Gasteiger charge is 2.29. The number of nitrogens with zero attached hydrogens (tertiary/aromatic N) is 1. The third-order valence-electron chi connectivity index (χ3n) is 6.29. The van der Waals surface area contributed by atoms with E-state index in [1.807, 2.05) is 129 Å². The third-order valence-corrected chi connectivity index (χ3v) is 6.29. The molecular formula is C33H33N3O3. The van der Waals surface area contributed by atoms with Gasteiger partial charge in [-0.05, 0) is 52.4 Å². The van der Waals surface area contributed by atoms with Gasteiger partial charge in [-0.1, -0.05) is 105 Å². The predicted octanol–water partition coefficient (Wildman–Crippen LogP) is 5.69. The minimum Gasteiger partial charge on any atom is -0.489 e. The van der Waals surface area contributed by atoms with Gasteiger partial charge in [0.2, 0.25) is 5.91 Å². The van der Waals surface area contributed by atoms with E-state index in [1.54, 1.807) is 6.21 Å². The number of rotatable bonds is 11. The molecule has 0 saturated heterocycles. The lowest BCUT2D eigenvalue weighted by Crippen LogP contribution is -2.50. The predicted molar refractivity (Wildman–Crippen MR) is 154 cm³/mol. The molecular weight excluding hydrogens is 486 g/mol. The molecule has 0 fully saturated rings. The van der Waals surface area contributed by atoms with Crippen molar-refractivity contribution >= 4 is 18.0 Å². The van der Waals surface area contributed by atoms with Crippen LogP contribution in [0.1, 0.15) is 42.0 Å². The molecule has 6 heteroatoms. The summed E-state index contributed by atoms with van der Waals surface area (Å²) in [6, 6.07) is 35.8. The molecule has 1 unspecified atom stereocenters. The summed E-state index contributed by atoms with van der Waals surface area (Å²) < 4.78 is 5.81. The van der Waals surface area contributed by atoms with Crippen LogP contribution < -0.4 is 15.5 Å². The van der Waals surface area contributed by atoms with Crippen molar-refractivity contribution in [3.05, 3.63) is 138 Å². The van der Waals surface area contributed by atoms with Gasteiger partial charge in [0.25, 0.3) is 5.91 Å². The maximum absolute atomic E-state index is 13.5. The molecule has 0 aromatic heterocycles. The zero-order valence-corrected chi connectivity index (χ0v) is 22.2. The molecule has 2 amide bonds. The number of carbonyl (C=O) groups is 2. The zero-order valence-electron chi connectivity index (χ0n) is 22.2. The summed E-state index contributed by atoms with van der Waals surface area (Å²) in [6.45, 7) is 4.27. The first-order valence-electron chi connectivity index (χ1n) is 13.0. The minimum absolute atomic E-state index is 0.141. The number of nitrogens with one attached hydrogen (secondary N) is 2. The largest absolute Gasteiger partial charge is 0.489 e. The zero-order chi connectivity index (χ0) is 27.5. The van der Waals surface area contributed by atoms with Crippen LogP contribution >= 0.6 is 0 Å². The summed E-state index contributed by atoms with van der Waals surface area (Å²) in [5.74, 6) is -0.549. The van der Waals surface area contributed by atoms with Crippen molar-refractivity contribution < 1.29 is 14.3 Å². The second-order valence-corrected chi connectivity index (χ2v) is 9.56. The summed E-state index contributed by atoms with van der Waals surface area (Å²) in [4.78, 5) is 26.5. The Morgan fingerprint density at radius 3 is 1.82 bits per heavy atom. The van der Waals surface area contributed by atoms with Crippen molar-refractivity contribution in [2.75, 3.05) is 0 Å². The van der Waals surface area contributed by atoms with E-state index in [1.165, 1.54) is 0 Å². The van der Waals surface area contributed by atoms with E-state index in [-0.39, 0.29) is 17.7 Å². The molecule has 0 aliphatic rings. The van der Waals surface area contributed by atoms with Crippen molar-refractivity contribution in [3.63, 3.8) is 0 Å². The molecule has 4 rings (SSSR count). The molecule has 39 heavy (non-hydrogen) atoms. The molecule has 198 valence electrons. The van der Waals surface area contributed by atoms with Gasteiger partial charge in [0.05, 0.1) is 12.1 Å². The van der Waals surface area contributed by atoms with E-state index in [0.717, 1.165) is 28.0 Å². The molecule has 0 aliphatic carbocycles. The van der Waals surface area contributed by atoms with Crippen LogP contribution in [0.2, 0.25) is 0 Å². The van der Waals surface area contributed by atoms with Gasteiger partial charge in [-0.3, -0.25) is 9.59 Å². The van der Waals surface area contributed by atoms with Crippen LogP contribution in [0.5, 0.6) is 5.75 Å². The average Bonchev–Trinajstić information content (AvgIpc) is 2.97. The SMILES string of the molecule is CC(C)C(NC(=O)C(c1ccccc1)c1ccccc1)C(=O)NN=Cc1ccc(OCc2ccccc2)cc1. The summed E-state index contributed by atoms with van der Waals surface area (Å²) in [5.41, 5.74) is 6.20. The Hall–Kier alpha value is -4.71. The fourth-order valence-corrected chi connectivity index (χ4v) is 4.19. The highest BCUT2D eigenvalue weighted by atomic mass is 16.5. The highest BCUT2D eigenvalue weighted by molar-refractivity contribution is 5.93. The van der Waals surface area contributed by atoms with Gasteiger partial charge in [-0.2, -0.15) is 5.10 Å². The lowest BCUT2D eigenvalue weighted by molar-refractivity contribution is -0.130. The van der Waals surface area contributed by atoms with Gasteiger partial charge in [-0.25, -0.2) is 5.43 Å². The van der Waals surface area contributed by atoms with Crippen LogP contribution in [0.3, 0.4) is 0 Å². The molecule has 4 aromatic carbocycles. The van der Waals surface area contributed by atoms with Crippen LogP contribution in [0.4, 0.5) is 0 Å². The second kappa shape index (κ2) is 13.7. The molecule has 0 saturated carbocycles. The summed E-state index contributed by atoms with van der Waals surface area (Å²) in [5, 5.41) is 7.08. The topological polar surface area (TPSA) is 79.8 Å². The van der Waals surface area contributed by atoms with Gasteiger partial charge < -0.3 is 10.1 Å². The van der Waals surface area contributed by atoms with Crippen molar-refractivity contribution in [1.29, 1.82) is 0 Å². The Bertz CT molecular complexity index is 1320. The number of amides is 2. The number of ether oxygens (including phenoxy) is 1. The van der Waals surface area contributed by atoms with Crippen molar-refractivity contribution in [2.24, 2.45) is 11.0 Å². The van der Waals surface area contributed by atoms with Gasteiger partial charge in [0.15, 0.2) is 0 Å². The average molecular weight is 520 g/mol. The second-order valence-electron chi connectivity index (χ2n) is 9.56. The molecule has 0 heterocycles. The molecule has 2 N–H and O–H groups in total. The van der Waals surface area contributed by atoms with E-state index in [2.05, 4.69) is 15.8 Å². The quantitative estimate of drug-likeness (QED) is 0.197.